The average molecular weight is 855 g/mol. The van der Waals surface area contributed by atoms with Crippen molar-refractivity contribution in [2.45, 2.75) is 100 Å². The molecule has 4 aromatic carbocycles. The van der Waals surface area contributed by atoms with Crippen molar-refractivity contribution in [2.24, 2.45) is 0 Å². The molecular weight excluding hydrogens is 797 g/mol. The highest BCUT2D eigenvalue weighted by atomic mass is 16.4. The van der Waals surface area contributed by atoms with Crippen LogP contribution in [-0.2, 0) is 0 Å². The lowest BCUT2D eigenvalue weighted by Gasteiger charge is -2.27. The average Bonchev–Trinajstić information content (AvgIpc) is 3.23. The highest BCUT2D eigenvalue weighted by molar-refractivity contribution is 6.09. The Morgan fingerprint density at radius 3 is 1.69 bits per heavy atom. The number of phenolic OH excluding ortho intramolecular Hbond substituents is 1. The molecule has 0 spiro atoms. The first-order chi connectivity index (χ1) is 30.4. The summed E-state index contributed by atoms with van der Waals surface area (Å²) in [6.45, 7) is 25.5. The third kappa shape index (κ3) is 8.66. The zero-order chi connectivity index (χ0) is 46.3. The fourth-order valence-corrected chi connectivity index (χ4v) is 8.99. The predicted molar refractivity (Wildman–Crippen MR) is 261 cm³/mol. The molecule has 1 aliphatic heterocycles. The predicted octanol–water partition coefficient (Wildman–Crippen LogP) is 13.0. The van der Waals surface area contributed by atoms with Gasteiger partial charge in [0.15, 0.2) is 5.43 Å². The van der Waals surface area contributed by atoms with E-state index in [9.17, 15) is 19.8 Å². The molecule has 0 amide bonds. The van der Waals surface area contributed by atoms with Gasteiger partial charge in [0, 0.05) is 62.8 Å². The Balaban J connectivity index is 0.00000147. The van der Waals surface area contributed by atoms with E-state index in [0.717, 1.165) is 55.4 Å². The number of carbonyl (C=O) groups is 1. The summed E-state index contributed by atoms with van der Waals surface area (Å²) in [7, 11) is 0. The summed E-state index contributed by atoms with van der Waals surface area (Å²) in [5, 5.41) is 32.6. The monoisotopic (exact) mass is 854 g/mol. The highest BCUT2D eigenvalue weighted by Gasteiger charge is 2.31. The summed E-state index contributed by atoms with van der Waals surface area (Å²) in [6.07, 6.45) is 0. The maximum absolute atomic E-state index is 14.2. The molecular formula is C55H58N4O5. The number of rotatable bonds is 10. The number of hydrogen-bond acceptors (Lipinski definition) is 8. The van der Waals surface area contributed by atoms with Gasteiger partial charge < -0.3 is 25.3 Å². The van der Waals surface area contributed by atoms with Crippen molar-refractivity contribution >= 4 is 38.7 Å². The number of aromatic nitrogens is 2. The zero-order valence-corrected chi connectivity index (χ0v) is 38.7. The van der Waals surface area contributed by atoms with Crippen LogP contribution in [0.2, 0.25) is 0 Å². The maximum Gasteiger partial charge on any atom is 0.336 e. The van der Waals surface area contributed by atoms with Crippen LogP contribution in [0.1, 0.15) is 126 Å². The largest absolute Gasteiger partial charge is 0.507 e. The van der Waals surface area contributed by atoms with Gasteiger partial charge in [0.1, 0.15) is 17.1 Å². The number of phenols is 1. The van der Waals surface area contributed by atoms with Gasteiger partial charge in [-0.3, -0.25) is 14.8 Å². The standard InChI is InChI=1S/C51H50N4O5.C4H8/c1-25-14-18-36(46-34(25)20-16-28(4)52-46)30(6)54-32(8)43-42(56)23-22-40-45(38-12-10-11-13-39(38)51(58)59)41-24-27(3)48(57)44(50(41)60-49(40)43)33(9)55-31(7)37-19-15-26(2)35-21-17-29(5)53-47(35)37;1-4(2)3/h10-24,30-33,54-55,57H,1-9H3,(H,58,59);1H2,2-3H3. The molecule has 0 fully saturated rings. The third-order valence-corrected chi connectivity index (χ3v) is 12.1. The molecule has 4 unspecified atom stereocenters. The first kappa shape index (κ1) is 45.3. The molecule has 0 bridgehead atoms. The number of aromatic carboxylic acids is 1. The Morgan fingerprint density at radius 1 is 0.641 bits per heavy atom. The van der Waals surface area contributed by atoms with E-state index >= 15 is 0 Å². The van der Waals surface area contributed by atoms with Crippen molar-refractivity contribution < 1.29 is 19.4 Å². The fourth-order valence-electron chi connectivity index (χ4n) is 8.99. The quantitative estimate of drug-likeness (QED) is 0.0782. The molecule has 0 saturated heterocycles. The molecule has 3 heterocycles. The Labute approximate surface area is 375 Å². The van der Waals surface area contributed by atoms with E-state index in [1.54, 1.807) is 24.3 Å². The first-order valence-corrected chi connectivity index (χ1v) is 21.8. The first-order valence-electron chi connectivity index (χ1n) is 21.8. The topological polar surface area (TPSA) is 138 Å². The molecule has 9 heteroatoms. The van der Waals surface area contributed by atoms with E-state index in [-0.39, 0.29) is 28.8 Å². The second-order valence-electron chi connectivity index (χ2n) is 17.6. The van der Waals surface area contributed by atoms with Crippen LogP contribution >= 0.6 is 0 Å². The molecule has 2 aliphatic rings. The molecule has 0 radical (unpaired) electrons. The summed E-state index contributed by atoms with van der Waals surface area (Å²) in [6, 6.07) is 27.1. The molecule has 328 valence electrons. The summed E-state index contributed by atoms with van der Waals surface area (Å²) >= 11 is 0. The lowest BCUT2D eigenvalue weighted by atomic mass is 9.86. The normalized spacial score (nSPS) is 13.4. The molecule has 0 saturated carbocycles. The number of carboxylic acids is 1. The van der Waals surface area contributed by atoms with Gasteiger partial charge in [-0.15, -0.1) is 6.58 Å². The van der Waals surface area contributed by atoms with E-state index in [0.29, 0.717) is 50.1 Å². The van der Waals surface area contributed by atoms with Crippen molar-refractivity contribution in [3.05, 3.63) is 169 Å². The number of fused-ring (bicyclic) bond motifs is 4. The minimum absolute atomic E-state index is 0.0478. The maximum atomic E-state index is 14.2. The van der Waals surface area contributed by atoms with E-state index < -0.39 is 18.1 Å². The molecule has 64 heavy (non-hydrogen) atoms. The van der Waals surface area contributed by atoms with Gasteiger partial charge >= 0.3 is 5.97 Å². The summed E-state index contributed by atoms with van der Waals surface area (Å²) < 4.78 is 7.00. The van der Waals surface area contributed by atoms with Crippen molar-refractivity contribution in [2.75, 3.05) is 0 Å². The van der Waals surface area contributed by atoms with E-state index in [2.05, 4.69) is 81.3 Å². The Morgan fingerprint density at radius 2 is 1.16 bits per heavy atom. The fraction of sp³-hybridized carbons (Fsp3) is 0.273. The minimum Gasteiger partial charge on any atom is -0.507 e. The number of nitrogens with one attached hydrogen (secondary N) is 2. The summed E-state index contributed by atoms with van der Waals surface area (Å²) in [5.74, 6) is -0.721. The van der Waals surface area contributed by atoms with Gasteiger partial charge in [0.2, 0.25) is 0 Å². The second kappa shape index (κ2) is 18.2. The van der Waals surface area contributed by atoms with E-state index in [4.69, 9.17) is 14.4 Å². The minimum atomic E-state index is -1.08. The number of aryl methyl sites for hydroxylation is 5. The van der Waals surface area contributed by atoms with Gasteiger partial charge in [-0.05, 0) is 146 Å². The molecule has 1 aliphatic carbocycles. The van der Waals surface area contributed by atoms with Crippen LogP contribution in [0.15, 0.2) is 112 Å². The number of allylic oxidation sites excluding steroid dienone is 1. The van der Waals surface area contributed by atoms with Crippen molar-refractivity contribution in [3.8, 4) is 28.2 Å². The van der Waals surface area contributed by atoms with Gasteiger partial charge in [-0.2, -0.15) is 0 Å². The highest BCUT2D eigenvalue weighted by Crippen LogP contribution is 2.48. The molecule has 6 aromatic rings. The number of benzene rings is 5. The van der Waals surface area contributed by atoms with Crippen LogP contribution in [0.4, 0.5) is 0 Å². The number of hydrogen-bond donors (Lipinski definition) is 4. The SMILES string of the molecule is C=C(C)C.Cc1ccc2c(C)ccc(C(C)NC(C)c3c4oc5c(C(C)NC(C)c6ccc(C)c7ccc(C)nc67)c(O)c(C)cc5c(-c5ccccc5C(=O)O)c-4ccc3=O)c2n1. The lowest BCUT2D eigenvalue weighted by Crippen LogP contribution is -2.28. The molecule has 4 atom stereocenters. The molecule has 8 rings (SSSR count). The van der Waals surface area contributed by atoms with E-state index in [1.165, 1.54) is 11.6 Å². The number of nitrogens with zero attached hydrogens (tertiary/aromatic N) is 2. The summed E-state index contributed by atoms with van der Waals surface area (Å²) in [4.78, 5) is 36.8. The smallest absolute Gasteiger partial charge is 0.336 e. The van der Waals surface area contributed by atoms with Gasteiger partial charge in [-0.1, -0.05) is 60.2 Å². The van der Waals surface area contributed by atoms with Crippen molar-refractivity contribution in [1.82, 2.24) is 20.6 Å². The van der Waals surface area contributed by atoms with E-state index in [1.807, 2.05) is 72.7 Å². The zero-order valence-electron chi connectivity index (χ0n) is 38.7. The number of carboxylic acid groups (broad SMARTS) is 1. The van der Waals surface area contributed by atoms with Gasteiger partial charge in [-0.25, -0.2) is 4.79 Å². The van der Waals surface area contributed by atoms with Crippen LogP contribution in [0.25, 0.3) is 55.2 Å². The van der Waals surface area contributed by atoms with Gasteiger partial charge in [0.05, 0.1) is 27.7 Å². The number of pyridine rings is 2. The van der Waals surface area contributed by atoms with Crippen LogP contribution in [0, 0.1) is 34.6 Å². The Kier molecular flexibility index (Phi) is 12.9. The Hall–Kier alpha value is -6.68. The molecule has 2 aromatic heterocycles. The lowest BCUT2D eigenvalue weighted by molar-refractivity contribution is 0.0697. The van der Waals surface area contributed by atoms with Crippen LogP contribution in [-0.4, -0.2) is 26.2 Å². The van der Waals surface area contributed by atoms with Crippen LogP contribution < -0.4 is 16.1 Å². The third-order valence-electron chi connectivity index (χ3n) is 12.1. The molecule has 9 nitrogen and oxygen atoms in total. The van der Waals surface area contributed by atoms with Crippen molar-refractivity contribution in [3.63, 3.8) is 0 Å². The van der Waals surface area contributed by atoms with Gasteiger partial charge in [0.25, 0.3) is 0 Å². The number of aromatic hydroxyl groups is 1. The second-order valence-corrected chi connectivity index (χ2v) is 17.6. The van der Waals surface area contributed by atoms with Crippen molar-refractivity contribution in [1.29, 1.82) is 0 Å². The molecule has 4 N–H and O–H groups in total. The Bertz CT molecular complexity index is 3150. The summed E-state index contributed by atoms with van der Waals surface area (Å²) in [5.41, 5.74) is 12.5. The van der Waals surface area contributed by atoms with Crippen LogP contribution in [0.3, 0.4) is 0 Å². The van der Waals surface area contributed by atoms with Crippen LogP contribution in [0.5, 0.6) is 5.75 Å².